The summed E-state index contributed by atoms with van der Waals surface area (Å²) < 4.78 is 0. The second kappa shape index (κ2) is 5.88. The van der Waals surface area contributed by atoms with Crippen LogP contribution >= 0.6 is 0 Å². The fraction of sp³-hybridized carbons (Fsp3) is 0.579. The summed E-state index contributed by atoms with van der Waals surface area (Å²) in [4.78, 5) is 26.8. The van der Waals surface area contributed by atoms with Gasteiger partial charge < -0.3 is 11.1 Å². The van der Waals surface area contributed by atoms with E-state index in [-0.39, 0.29) is 18.5 Å². The number of hydrogen-bond donors (Lipinski definition) is 2. The number of hydrogen-bond acceptors (Lipinski definition) is 3. The Bertz CT molecular complexity index is 678. The Morgan fingerprint density at radius 2 is 1.88 bits per heavy atom. The first-order valence-corrected chi connectivity index (χ1v) is 8.82. The van der Waals surface area contributed by atoms with Crippen molar-refractivity contribution in [3.05, 3.63) is 34.9 Å². The van der Waals surface area contributed by atoms with E-state index in [1.807, 2.05) is 26.8 Å². The molecule has 1 atom stereocenters. The van der Waals surface area contributed by atoms with Crippen LogP contribution in [0.5, 0.6) is 0 Å². The zero-order valence-electron chi connectivity index (χ0n) is 14.8. The van der Waals surface area contributed by atoms with Gasteiger partial charge in [-0.3, -0.25) is 9.69 Å². The molecule has 1 unspecified atom stereocenters. The normalized spacial score (nSPS) is 24.1. The van der Waals surface area contributed by atoms with Crippen molar-refractivity contribution in [3.63, 3.8) is 0 Å². The minimum absolute atomic E-state index is 0.190. The van der Waals surface area contributed by atoms with E-state index < -0.39 is 11.1 Å². The van der Waals surface area contributed by atoms with Crippen molar-refractivity contribution in [2.75, 3.05) is 6.54 Å². The molecular formula is C19H27N3O2. The minimum atomic E-state index is -0.963. The van der Waals surface area contributed by atoms with Crippen LogP contribution in [-0.4, -0.2) is 28.9 Å². The number of carbonyl (C=O) groups is 2. The highest BCUT2D eigenvalue weighted by Gasteiger charge is 2.52. The van der Waals surface area contributed by atoms with Gasteiger partial charge >= 0.3 is 6.03 Å². The lowest BCUT2D eigenvalue weighted by Crippen LogP contribution is -2.49. The van der Waals surface area contributed by atoms with Crippen molar-refractivity contribution in [3.8, 4) is 0 Å². The fourth-order valence-corrected chi connectivity index (χ4v) is 3.82. The summed E-state index contributed by atoms with van der Waals surface area (Å²) in [7, 11) is 0. The number of urea groups is 1. The molecule has 2 aliphatic rings. The van der Waals surface area contributed by atoms with E-state index in [0.29, 0.717) is 6.42 Å². The average molecular weight is 329 g/mol. The zero-order chi connectivity index (χ0) is 17.5. The summed E-state index contributed by atoms with van der Waals surface area (Å²) in [6.07, 6.45) is 5.08. The standard InChI is InChI=1S/C19H27N3O2/c1-4-19(15-10-9-13-7-5-6-8-14(13)11-15)16(23)22(17(24)21-19)12-18(2,3)20/h9-11H,4-8,12,20H2,1-3H3,(H,21,24). The second-order valence-corrected chi connectivity index (χ2v) is 7.76. The summed E-state index contributed by atoms with van der Waals surface area (Å²) in [6, 6.07) is 5.89. The number of benzene rings is 1. The molecule has 0 aromatic heterocycles. The number of nitrogens with two attached hydrogens (primary N) is 1. The smallest absolute Gasteiger partial charge is 0.324 e. The number of nitrogens with one attached hydrogen (secondary N) is 1. The third-order valence-electron chi connectivity index (χ3n) is 5.11. The topological polar surface area (TPSA) is 75.4 Å². The Kier molecular flexibility index (Phi) is 4.16. The van der Waals surface area contributed by atoms with Crippen LogP contribution in [0.1, 0.15) is 56.7 Å². The van der Waals surface area contributed by atoms with Gasteiger partial charge in [-0.15, -0.1) is 0 Å². The molecule has 0 bridgehead atoms. The fourth-order valence-electron chi connectivity index (χ4n) is 3.82. The molecule has 1 aliphatic heterocycles. The minimum Gasteiger partial charge on any atom is -0.324 e. The van der Waals surface area contributed by atoms with Gasteiger partial charge in [0.1, 0.15) is 5.54 Å². The lowest BCUT2D eigenvalue weighted by atomic mass is 9.82. The first-order valence-electron chi connectivity index (χ1n) is 8.82. The van der Waals surface area contributed by atoms with Gasteiger partial charge in [0.05, 0.1) is 0 Å². The van der Waals surface area contributed by atoms with Gasteiger partial charge in [0.25, 0.3) is 5.91 Å². The number of aryl methyl sites for hydroxylation is 2. The summed E-state index contributed by atoms with van der Waals surface area (Å²) in [5.41, 5.74) is 8.01. The highest BCUT2D eigenvalue weighted by Crippen LogP contribution is 2.35. The molecule has 1 heterocycles. The maximum atomic E-state index is 13.1. The number of imide groups is 1. The highest BCUT2D eigenvalue weighted by molar-refractivity contribution is 6.07. The first-order chi connectivity index (χ1) is 11.3. The van der Waals surface area contributed by atoms with E-state index in [9.17, 15) is 9.59 Å². The second-order valence-electron chi connectivity index (χ2n) is 7.76. The van der Waals surface area contributed by atoms with Crippen LogP contribution in [0.2, 0.25) is 0 Å². The third-order valence-corrected chi connectivity index (χ3v) is 5.11. The molecule has 130 valence electrons. The molecule has 3 N–H and O–H groups in total. The van der Waals surface area contributed by atoms with Crippen molar-refractivity contribution in [2.24, 2.45) is 5.73 Å². The maximum absolute atomic E-state index is 13.1. The molecule has 1 aromatic rings. The molecule has 5 heteroatoms. The summed E-state index contributed by atoms with van der Waals surface area (Å²) in [6.45, 7) is 5.79. The number of fused-ring (bicyclic) bond motifs is 1. The Hall–Kier alpha value is -1.88. The van der Waals surface area contributed by atoms with Crippen LogP contribution in [0.4, 0.5) is 4.79 Å². The number of carbonyl (C=O) groups excluding carboxylic acids is 2. The van der Waals surface area contributed by atoms with Crippen LogP contribution in [0.25, 0.3) is 0 Å². The molecule has 0 saturated carbocycles. The van der Waals surface area contributed by atoms with Crippen molar-refractivity contribution >= 4 is 11.9 Å². The molecule has 24 heavy (non-hydrogen) atoms. The van der Waals surface area contributed by atoms with E-state index >= 15 is 0 Å². The lowest BCUT2D eigenvalue weighted by molar-refractivity contribution is -0.132. The highest BCUT2D eigenvalue weighted by atomic mass is 16.2. The largest absolute Gasteiger partial charge is 0.325 e. The van der Waals surface area contributed by atoms with Crippen LogP contribution in [0, 0.1) is 0 Å². The van der Waals surface area contributed by atoms with E-state index in [2.05, 4.69) is 17.4 Å². The van der Waals surface area contributed by atoms with Crippen molar-refractivity contribution in [2.45, 2.75) is 64.0 Å². The van der Waals surface area contributed by atoms with Crippen LogP contribution < -0.4 is 11.1 Å². The monoisotopic (exact) mass is 329 g/mol. The van der Waals surface area contributed by atoms with Gasteiger partial charge in [0, 0.05) is 12.1 Å². The lowest BCUT2D eigenvalue weighted by Gasteiger charge is -2.29. The molecule has 1 aromatic carbocycles. The van der Waals surface area contributed by atoms with Gasteiger partial charge in [-0.2, -0.15) is 0 Å². The number of amides is 3. The predicted molar refractivity (Wildman–Crippen MR) is 93.6 cm³/mol. The Labute approximate surface area is 143 Å². The van der Waals surface area contributed by atoms with Crippen molar-refractivity contribution < 1.29 is 9.59 Å². The van der Waals surface area contributed by atoms with Crippen LogP contribution in [-0.2, 0) is 23.2 Å². The van der Waals surface area contributed by atoms with Crippen molar-refractivity contribution in [1.82, 2.24) is 10.2 Å². The Morgan fingerprint density at radius 1 is 1.21 bits per heavy atom. The molecule has 5 nitrogen and oxygen atoms in total. The van der Waals surface area contributed by atoms with E-state index in [1.54, 1.807) is 0 Å². The molecule has 1 saturated heterocycles. The Balaban J connectivity index is 1.98. The number of rotatable bonds is 4. The summed E-state index contributed by atoms with van der Waals surface area (Å²) in [5, 5.41) is 2.94. The van der Waals surface area contributed by atoms with Gasteiger partial charge in [0.2, 0.25) is 0 Å². The Morgan fingerprint density at radius 3 is 2.50 bits per heavy atom. The van der Waals surface area contributed by atoms with Crippen LogP contribution in [0.3, 0.4) is 0 Å². The van der Waals surface area contributed by atoms with Gasteiger partial charge in [-0.25, -0.2) is 4.79 Å². The molecule has 3 rings (SSSR count). The molecule has 3 amide bonds. The van der Waals surface area contributed by atoms with Crippen molar-refractivity contribution in [1.29, 1.82) is 0 Å². The molecule has 0 radical (unpaired) electrons. The summed E-state index contributed by atoms with van der Waals surface area (Å²) in [5.74, 6) is -0.190. The number of nitrogens with zero attached hydrogens (tertiary/aromatic N) is 1. The van der Waals surface area contributed by atoms with E-state index in [1.165, 1.54) is 28.9 Å². The SMILES string of the molecule is CCC1(c2ccc3c(c2)CCCC3)NC(=O)N(CC(C)(C)N)C1=O. The molecule has 1 aliphatic carbocycles. The third kappa shape index (κ3) is 2.81. The quantitative estimate of drug-likeness (QED) is 0.833. The first kappa shape index (κ1) is 17.0. The van der Waals surface area contributed by atoms with Crippen LogP contribution in [0.15, 0.2) is 18.2 Å². The van der Waals surface area contributed by atoms with Gasteiger partial charge in [-0.05, 0) is 62.6 Å². The molecular weight excluding hydrogens is 302 g/mol. The summed E-state index contributed by atoms with van der Waals surface area (Å²) >= 11 is 0. The molecule has 1 fully saturated rings. The maximum Gasteiger partial charge on any atom is 0.325 e. The van der Waals surface area contributed by atoms with Gasteiger partial charge in [-0.1, -0.05) is 25.1 Å². The van der Waals surface area contributed by atoms with Gasteiger partial charge in [0.15, 0.2) is 0 Å². The van der Waals surface area contributed by atoms with E-state index in [0.717, 1.165) is 18.4 Å². The van der Waals surface area contributed by atoms with E-state index in [4.69, 9.17) is 5.73 Å². The predicted octanol–water partition coefficient (Wildman–Crippen LogP) is 2.46. The molecule has 0 spiro atoms. The average Bonchev–Trinajstić information content (AvgIpc) is 2.78. The zero-order valence-corrected chi connectivity index (χ0v) is 14.8.